The summed E-state index contributed by atoms with van der Waals surface area (Å²) in [5.74, 6) is -0.136. The summed E-state index contributed by atoms with van der Waals surface area (Å²) in [6, 6.07) is 8.08. The molecule has 2 atom stereocenters. The monoisotopic (exact) mass is 282 g/mol. The number of benzene rings is 1. The number of sulfonamides is 1. The van der Waals surface area contributed by atoms with E-state index in [1.807, 2.05) is 6.07 Å². The Morgan fingerprint density at radius 2 is 1.89 bits per heavy atom. The van der Waals surface area contributed by atoms with Gasteiger partial charge in [-0.1, -0.05) is 12.1 Å². The third-order valence-corrected chi connectivity index (χ3v) is 3.99. The van der Waals surface area contributed by atoms with Gasteiger partial charge in [-0.2, -0.15) is 5.26 Å². The van der Waals surface area contributed by atoms with E-state index in [2.05, 4.69) is 4.72 Å². The van der Waals surface area contributed by atoms with Crippen molar-refractivity contribution in [2.24, 2.45) is 0 Å². The van der Waals surface area contributed by atoms with E-state index in [4.69, 9.17) is 5.26 Å². The minimum atomic E-state index is -3.44. The maximum atomic E-state index is 11.9. The van der Waals surface area contributed by atoms with Crippen LogP contribution in [0.25, 0.3) is 0 Å². The summed E-state index contributed by atoms with van der Waals surface area (Å²) in [4.78, 5) is 0. The second-order valence-corrected chi connectivity index (χ2v) is 6.43. The molecule has 0 aliphatic carbocycles. The van der Waals surface area contributed by atoms with Crippen molar-refractivity contribution in [1.82, 2.24) is 4.72 Å². The van der Waals surface area contributed by atoms with Gasteiger partial charge in [0.2, 0.25) is 10.0 Å². The van der Waals surface area contributed by atoms with Crippen molar-refractivity contribution in [2.75, 3.05) is 0 Å². The van der Waals surface area contributed by atoms with Gasteiger partial charge in [0.25, 0.3) is 0 Å². The van der Waals surface area contributed by atoms with E-state index in [0.717, 1.165) is 0 Å². The van der Waals surface area contributed by atoms with Gasteiger partial charge in [-0.25, -0.2) is 13.1 Å². The van der Waals surface area contributed by atoms with Crippen molar-refractivity contribution in [3.8, 4) is 6.07 Å². The number of nitrogens with one attached hydrogen (secondary N) is 1. The van der Waals surface area contributed by atoms with Gasteiger partial charge in [-0.05, 0) is 38.0 Å². The van der Waals surface area contributed by atoms with Gasteiger partial charge >= 0.3 is 0 Å². The maximum absolute atomic E-state index is 11.9. The van der Waals surface area contributed by atoms with E-state index in [1.165, 1.54) is 0 Å². The molecule has 0 radical (unpaired) electrons. The van der Waals surface area contributed by atoms with Crippen LogP contribution >= 0.6 is 0 Å². The molecule has 0 fully saturated rings. The zero-order valence-electron chi connectivity index (χ0n) is 11.0. The first-order valence-corrected chi connectivity index (χ1v) is 7.64. The predicted octanol–water partition coefficient (Wildman–Crippen LogP) is 1.14. The minimum Gasteiger partial charge on any atom is -0.393 e. The first-order valence-electron chi connectivity index (χ1n) is 5.99. The Morgan fingerprint density at radius 1 is 1.32 bits per heavy atom. The molecule has 5 nitrogen and oxygen atoms in total. The Hall–Kier alpha value is -1.42. The third-order valence-electron chi connectivity index (χ3n) is 2.52. The summed E-state index contributed by atoms with van der Waals surface area (Å²) in [6.07, 6.45) is -0.181. The van der Waals surface area contributed by atoms with Crippen LogP contribution in [-0.4, -0.2) is 25.7 Å². The molecule has 6 heteroatoms. The minimum absolute atomic E-state index is 0.136. The lowest BCUT2D eigenvalue weighted by molar-refractivity contribution is 0.175. The molecular weight excluding hydrogens is 264 g/mol. The molecule has 0 aliphatic rings. The number of nitriles is 1. The number of hydrogen-bond donors (Lipinski definition) is 2. The highest BCUT2D eigenvalue weighted by atomic mass is 32.2. The number of nitrogens with zero attached hydrogens (tertiary/aromatic N) is 1. The quantitative estimate of drug-likeness (QED) is 0.818. The Labute approximate surface area is 113 Å². The van der Waals surface area contributed by atoms with Crippen molar-refractivity contribution in [3.05, 3.63) is 35.4 Å². The van der Waals surface area contributed by atoms with Crippen LogP contribution in [0, 0.1) is 11.3 Å². The number of aliphatic hydroxyl groups excluding tert-OH is 1. The van der Waals surface area contributed by atoms with Crippen molar-refractivity contribution in [3.63, 3.8) is 0 Å². The SMILES string of the molecule is CC(O)CC(C)NS(=O)(=O)Cc1ccc(C#N)cc1. The molecule has 104 valence electrons. The summed E-state index contributed by atoms with van der Waals surface area (Å²) in [5, 5.41) is 17.9. The Bertz CT molecular complexity index is 544. The van der Waals surface area contributed by atoms with Crippen LogP contribution in [-0.2, 0) is 15.8 Å². The highest BCUT2D eigenvalue weighted by molar-refractivity contribution is 7.88. The second-order valence-electron chi connectivity index (χ2n) is 4.67. The first kappa shape index (κ1) is 15.6. The molecule has 0 saturated carbocycles. The number of aliphatic hydroxyl groups is 1. The molecule has 0 aliphatic heterocycles. The zero-order valence-corrected chi connectivity index (χ0v) is 11.8. The van der Waals surface area contributed by atoms with E-state index in [1.54, 1.807) is 38.1 Å². The van der Waals surface area contributed by atoms with Crippen molar-refractivity contribution in [2.45, 2.75) is 38.2 Å². The molecule has 1 aromatic carbocycles. The number of hydrogen-bond acceptors (Lipinski definition) is 4. The Morgan fingerprint density at radius 3 is 2.37 bits per heavy atom. The van der Waals surface area contributed by atoms with Gasteiger partial charge in [-0.15, -0.1) is 0 Å². The molecular formula is C13H18N2O3S. The topological polar surface area (TPSA) is 90.2 Å². The van der Waals surface area contributed by atoms with Gasteiger partial charge in [-0.3, -0.25) is 0 Å². The third kappa shape index (κ3) is 5.83. The van der Waals surface area contributed by atoms with Crippen LogP contribution in [0.2, 0.25) is 0 Å². The van der Waals surface area contributed by atoms with Gasteiger partial charge in [0.05, 0.1) is 23.5 Å². The molecule has 0 spiro atoms. The summed E-state index contributed by atoms with van der Waals surface area (Å²) >= 11 is 0. The fourth-order valence-corrected chi connectivity index (χ4v) is 3.23. The molecule has 0 bridgehead atoms. The van der Waals surface area contributed by atoms with Crippen LogP contribution in [0.3, 0.4) is 0 Å². The lowest BCUT2D eigenvalue weighted by Crippen LogP contribution is -2.35. The van der Waals surface area contributed by atoms with Gasteiger partial charge in [0, 0.05) is 6.04 Å². The lowest BCUT2D eigenvalue weighted by atomic mass is 10.2. The smallest absolute Gasteiger partial charge is 0.216 e. The van der Waals surface area contributed by atoms with Crippen LogP contribution in [0.15, 0.2) is 24.3 Å². The fraction of sp³-hybridized carbons (Fsp3) is 0.462. The molecule has 0 aromatic heterocycles. The molecule has 1 aromatic rings. The van der Waals surface area contributed by atoms with Crippen LogP contribution in [0.1, 0.15) is 31.4 Å². The summed E-state index contributed by atoms with van der Waals surface area (Å²) < 4.78 is 26.3. The predicted molar refractivity (Wildman–Crippen MR) is 72.7 cm³/mol. The highest BCUT2D eigenvalue weighted by Crippen LogP contribution is 2.08. The van der Waals surface area contributed by atoms with Gasteiger partial charge in [0.1, 0.15) is 0 Å². The van der Waals surface area contributed by atoms with Crippen LogP contribution in [0.5, 0.6) is 0 Å². The summed E-state index contributed by atoms with van der Waals surface area (Å²) in [6.45, 7) is 3.33. The molecule has 0 amide bonds. The maximum Gasteiger partial charge on any atom is 0.216 e. The zero-order chi connectivity index (χ0) is 14.5. The molecule has 1 rings (SSSR count). The van der Waals surface area contributed by atoms with E-state index in [0.29, 0.717) is 17.5 Å². The van der Waals surface area contributed by atoms with Crippen molar-refractivity contribution >= 4 is 10.0 Å². The van der Waals surface area contributed by atoms with E-state index in [-0.39, 0.29) is 11.8 Å². The molecule has 2 N–H and O–H groups in total. The average Bonchev–Trinajstić information content (AvgIpc) is 2.27. The average molecular weight is 282 g/mol. The van der Waals surface area contributed by atoms with Crippen molar-refractivity contribution < 1.29 is 13.5 Å². The van der Waals surface area contributed by atoms with Gasteiger partial charge in [0.15, 0.2) is 0 Å². The van der Waals surface area contributed by atoms with E-state index in [9.17, 15) is 13.5 Å². The largest absolute Gasteiger partial charge is 0.393 e. The molecule has 0 saturated heterocycles. The van der Waals surface area contributed by atoms with E-state index < -0.39 is 16.1 Å². The molecule has 0 heterocycles. The Kier molecular flexibility index (Phi) is 5.48. The lowest BCUT2D eigenvalue weighted by Gasteiger charge is -2.15. The van der Waals surface area contributed by atoms with Crippen LogP contribution < -0.4 is 4.72 Å². The Balaban J connectivity index is 2.66. The second kappa shape index (κ2) is 6.66. The first-order chi connectivity index (χ1) is 8.82. The molecule has 2 unspecified atom stereocenters. The van der Waals surface area contributed by atoms with Crippen molar-refractivity contribution in [1.29, 1.82) is 5.26 Å². The van der Waals surface area contributed by atoms with E-state index >= 15 is 0 Å². The van der Waals surface area contributed by atoms with Gasteiger partial charge < -0.3 is 5.11 Å². The molecule has 19 heavy (non-hydrogen) atoms. The summed E-state index contributed by atoms with van der Waals surface area (Å²) in [7, 11) is -3.44. The fourth-order valence-electron chi connectivity index (χ4n) is 1.80. The summed E-state index contributed by atoms with van der Waals surface area (Å²) in [5.41, 5.74) is 1.12. The number of rotatable bonds is 6. The standard InChI is InChI=1S/C13H18N2O3S/c1-10(7-11(2)16)15-19(17,18)9-13-5-3-12(8-14)4-6-13/h3-6,10-11,15-16H,7,9H2,1-2H3. The normalized spacial score (nSPS) is 14.6. The van der Waals surface area contributed by atoms with Crippen LogP contribution in [0.4, 0.5) is 0 Å². The highest BCUT2D eigenvalue weighted by Gasteiger charge is 2.16.